The van der Waals surface area contributed by atoms with E-state index in [2.05, 4.69) is 40.0 Å². The molecule has 0 aliphatic carbocycles. The van der Waals surface area contributed by atoms with Crippen LogP contribution in [0.15, 0.2) is 36.5 Å². The van der Waals surface area contributed by atoms with E-state index >= 15 is 0 Å². The smallest absolute Gasteiger partial charge is 0.320 e. The molecule has 2 amide bonds. The molecule has 0 unspecified atom stereocenters. The van der Waals surface area contributed by atoms with Crippen molar-refractivity contribution < 1.29 is 4.79 Å². The van der Waals surface area contributed by atoms with Gasteiger partial charge in [-0.15, -0.1) is 0 Å². The second kappa shape index (κ2) is 8.23. The van der Waals surface area contributed by atoms with E-state index in [0.29, 0.717) is 36.5 Å². The number of rotatable bonds is 3. The van der Waals surface area contributed by atoms with Crippen LogP contribution in [0, 0.1) is 0 Å². The Labute approximate surface area is 186 Å². The van der Waals surface area contributed by atoms with Crippen LogP contribution in [0.3, 0.4) is 0 Å². The fraction of sp³-hybridized carbons (Fsp3) is 0.391. The van der Waals surface area contributed by atoms with Crippen LogP contribution >= 0.6 is 0 Å². The number of fused-ring (bicyclic) bond motifs is 1. The number of likely N-dealkylation sites (tertiary alicyclic amines) is 1. The van der Waals surface area contributed by atoms with Gasteiger partial charge in [-0.1, -0.05) is 18.2 Å². The van der Waals surface area contributed by atoms with Crippen LogP contribution in [0.4, 0.5) is 10.6 Å². The maximum absolute atomic E-state index is 12.9. The van der Waals surface area contributed by atoms with Crippen molar-refractivity contribution in [1.82, 2.24) is 34.6 Å². The molecule has 32 heavy (non-hydrogen) atoms. The number of nitrogens with two attached hydrogens (primary N) is 1. The van der Waals surface area contributed by atoms with Crippen LogP contribution in [0.5, 0.6) is 0 Å². The molecule has 1 fully saturated rings. The van der Waals surface area contributed by atoms with Gasteiger partial charge >= 0.3 is 6.03 Å². The highest BCUT2D eigenvalue weighted by Crippen LogP contribution is 2.27. The van der Waals surface area contributed by atoms with Crippen molar-refractivity contribution in [2.24, 2.45) is 0 Å². The average Bonchev–Trinajstić information content (AvgIpc) is 3.47. The summed E-state index contributed by atoms with van der Waals surface area (Å²) in [6.45, 7) is 2.85. The zero-order valence-electron chi connectivity index (χ0n) is 18.5. The Hall–Kier alpha value is -3.46. The second-order valence-corrected chi connectivity index (χ2v) is 8.65. The number of carbonyl (C=O) groups excluding carboxylic acids is 1. The first kappa shape index (κ1) is 20.4. The highest BCUT2D eigenvalue weighted by molar-refractivity contribution is 5.81. The molecule has 0 saturated carbocycles. The summed E-state index contributed by atoms with van der Waals surface area (Å²) in [4.78, 5) is 36.0. The van der Waals surface area contributed by atoms with Crippen LogP contribution in [-0.2, 0) is 0 Å². The summed E-state index contributed by atoms with van der Waals surface area (Å²) in [5.41, 5.74) is 10.3. The third kappa shape index (κ3) is 3.80. The molecule has 0 spiro atoms. The summed E-state index contributed by atoms with van der Waals surface area (Å²) in [7, 11) is 4.14. The van der Waals surface area contributed by atoms with Crippen LogP contribution in [0.2, 0.25) is 0 Å². The maximum atomic E-state index is 12.9. The molecule has 9 nitrogen and oxygen atoms in total. The lowest BCUT2D eigenvalue weighted by Crippen LogP contribution is -2.45. The molecule has 3 N–H and O–H groups in total. The van der Waals surface area contributed by atoms with Crippen LogP contribution in [-0.4, -0.2) is 87.0 Å². The molecular weight excluding hydrogens is 404 g/mol. The number of imidazole rings is 1. The van der Waals surface area contributed by atoms with Crippen LogP contribution in [0.1, 0.15) is 18.5 Å². The number of nitrogens with zero attached hydrogens (tertiary/aromatic N) is 6. The minimum Gasteiger partial charge on any atom is -0.382 e. The monoisotopic (exact) mass is 432 g/mol. The number of urea groups is 1. The number of hydrogen-bond acceptors (Lipinski definition) is 6. The van der Waals surface area contributed by atoms with E-state index in [9.17, 15) is 4.79 Å². The Morgan fingerprint density at radius 1 is 1.19 bits per heavy atom. The Morgan fingerprint density at radius 2 is 2.03 bits per heavy atom. The van der Waals surface area contributed by atoms with E-state index in [-0.39, 0.29) is 6.03 Å². The van der Waals surface area contributed by atoms with Gasteiger partial charge < -0.3 is 25.4 Å². The number of aromatic amines is 1. The van der Waals surface area contributed by atoms with Crippen LogP contribution < -0.4 is 5.73 Å². The van der Waals surface area contributed by atoms with Gasteiger partial charge in [-0.05, 0) is 44.6 Å². The zero-order chi connectivity index (χ0) is 22.2. The summed E-state index contributed by atoms with van der Waals surface area (Å²) in [5.74, 6) is 0.946. The lowest BCUT2D eigenvalue weighted by molar-refractivity contribution is 0.163. The van der Waals surface area contributed by atoms with Gasteiger partial charge in [-0.3, -0.25) is 0 Å². The van der Waals surface area contributed by atoms with Crippen molar-refractivity contribution in [3.05, 3.63) is 42.2 Å². The highest BCUT2D eigenvalue weighted by atomic mass is 16.2. The summed E-state index contributed by atoms with van der Waals surface area (Å²) in [6, 6.07) is 8.38. The topological polar surface area (TPSA) is 107 Å². The molecule has 1 aromatic carbocycles. The molecule has 3 aromatic rings. The SMILES string of the molecule is CN(C)[C@@H]1CCN(C(=O)N2CC=C(c3cnc(N)c(-c4nc5ccccc5[nH]4)n3)CC2)C1. The third-order valence-corrected chi connectivity index (χ3v) is 6.39. The van der Waals surface area contributed by atoms with Gasteiger partial charge in [0.05, 0.1) is 22.9 Å². The molecule has 1 saturated heterocycles. The largest absolute Gasteiger partial charge is 0.382 e. The van der Waals surface area contributed by atoms with Gasteiger partial charge in [0.25, 0.3) is 0 Å². The van der Waals surface area contributed by atoms with Gasteiger partial charge in [-0.25, -0.2) is 19.7 Å². The predicted molar refractivity (Wildman–Crippen MR) is 125 cm³/mol. The number of aromatic nitrogens is 4. The number of hydrogen-bond donors (Lipinski definition) is 2. The van der Waals surface area contributed by atoms with Gasteiger partial charge in [0.15, 0.2) is 11.6 Å². The van der Waals surface area contributed by atoms with Gasteiger partial charge in [0, 0.05) is 32.2 Å². The lowest BCUT2D eigenvalue weighted by atomic mass is 10.1. The summed E-state index contributed by atoms with van der Waals surface area (Å²) in [5, 5.41) is 0. The lowest BCUT2D eigenvalue weighted by Gasteiger charge is -2.31. The van der Waals surface area contributed by atoms with Crippen molar-refractivity contribution in [3.63, 3.8) is 0 Å². The number of nitrogen functional groups attached to an aromatic ring is 1. The number of amides is 2. The molecule has 2 aromatic heterocycles. The third-order valence-electron chi connectivity index (χ3n) is 6.39. The molecule has 5 rings (SSSR count). The standard InChI is InChI=1S/C23H28N8O/c1-29(2)16-9-12-31(14-16)23(32)30-10-7-15(8-11-30)19-13-25-21(24)20(26-19)22-27-17-5-3-4-6-18(17)28-22/h3-7,13,16H,8-12,14H2,1-2H3,(H2,24,25)(H,27,28)/t16-/m1/s1. The molecule has 9 heteroatoms. The number of benzene rings is 1. The molecule has 0 bridgehead atoms. The molecular formula is C23H28N8O. The minimum atomic E-state index is 0.121. The first-order valence-corrected chi connectivity index (χ1v) is 11.0. The van der Waals surface area contributed by atoms with E-state index in [1.54, 1.807) is 6.20 Å². The predicted octanol–water partition coefficient (Wildman–Crippen LogP) is 2.45. The normalized spacial score (nSPS) is 19.1. The van der Waals surface area contributed by atoms with Gasteiger partial charge in [0.1, 0.15) is 5.69 Å². The van der Waals surface area contributed by atoms with Crippen molar-refractivity contribution in [3.8, 4) is 11.5 Å². The maximum Gasteiger partial charge on any atom is 0.320 e. The van der Waals surface area contributed by atoms with E-state index in [0.717, 1.165) is 48.2 Å². The minimum absolute atomic E-state index is 0.121. The number of likely N-dealkylation sites (N-methyl/N-ethyl adjacent to an activating group) is 1. The first-order chi connectivity index (χ1) is 15.5. The molecule has 2 aliphatic rings. The van der Waals surface area contributed by atoms with E-state index < -0.39 is 0 Å². The number of para-hydroxylation sites is 2. The number of H-pyrrole nitrogens is 1. The van der Waals surface area contributed by atoms with Crippen molar-refractivity contribution in [2.45, 2.75) is 18.9 Å². The van der Waals surface area contributed by atoms with Crippen molar-refractivity contribution in [1.29, 1.82) is 0 Å². The Bertz CT molecular complexity index is 1150. The summed E-state index contributed by atoms with van der Waals surface area (Å²) in [6.07, 6.45) is 5.53. The highest BCUT2D eigenvalue weighted by Gasteiger charge is 2.31. The van der Waals surface area contributed by atoms with Crippen LogP contribution in [0.25, 0.3) is 28.1 Å². The molecule has 0 radical (unpaired) electrons. The molecule has 166 valence electrons. The quantitative estimate of drug-likeness (QED) is 0.658. The Kier molecular flexibility index (Phi) is 5.26. The molecule has 4 heterocycles. The first-order valence-electron chi connectivity index (χ1n) is 11.0. The van der Waals surface area contributed by atoms with E-state index in [4.69, 9.17) is 10.7 Å². The number of carbonyl (C=O) groups is 1. The summed E-state index contributed by atoms with van der Waals surface area (Å²) < 4.78 is 0. The fourth-order valence-corrected chi connectivity index (χ4v) is 4.40. The Morgan fingerprint density at radius 3 is 2.75 bits per heavy atom. The fourth-order valence-electron chi connectivity index (χ4n) is 4.40. The second-order valence-electron chi connectivity index (χ2n) is 8.65. The average molecular weight is 433 g/mol. The molecule has 1 atom stereocenters. The van der Waals surface area contributed by atoms with E-state index in [1.165, 1.54) is 0 Å². The van der Waals surface area contributed by atoms with Gasteiger partial charge in [0.2, 0.25) is 0 Å². The van der Waals surface area contributed by atoms with Crippen molar-refractivity contribution >= 4 is 28.5 Å². The van der Waals surface area contributed by atoms with Crippen molar-refractivity contribution in [2.75, 3.05) is 46.0 Å². The Balaban J connectivity index is 1.32. The zero-order valence-corrected chi connectivity index (χ0v) is 18.5. The molecule has 2 aliphatic heterocycles. The number of anilines is 1. The van der Waals surface area contributed by atoms with Gasteiger partial charge in [-0.2, -0.15) is 0 Å². The van der Waals surface area contributed by atoms with E-state index in [1.807, 2.05) is 34.1 Å². The summed E-state index contributed by atoms with van der Waals surface area (Å²) >= 11 is 0. The number of nitrogens with one attached hydrogen (secondary N) is 1.